The molecule has 6 nitrogen and oxygen atoms in total. The minimum Gasteiger partial charge on any atom is -0.458 e. The molecule has 0 radical (unpaired) electrons. The smallest absolute Gasteiger partial charge is 0.313 e. The highest BCUT2D eigenvalue weighted by molar-refractivity contribution is 6.39. The van der Waals surface area contributed by atoms with Crippen LogP contribution in [0.25, 0.3) is 0 Å². The summed E-state index contributed by atoms with van der Waals surface area (Å²) < 4.78 is 5.56. The topological polar surface area (TPSA) is 83.7 Å². The zero-order chi connectivity index (χ0) is 19.1. The Labute approximate surface area is 160 Å². The van der Waals surface area contributed by atoms with Gasteiger partial charge in [-0.25, -0.2) is 0 Å². The summed E-state index contributed by atoms with van der Waals surface area (Å²) in [5.41, 5.74) is 1.25. The number of carbonyl (C=O) groups excluding carboxylic acids is 2. The summed E-state index contributed by atoms with van der Waals surface area (Å²) in [6.07, 6.45) is 1.59. The largest absolute Gasteiger partial charge is 0.458 e. The number of para-hydroxylation sites is 1. The standard InChI is InChI=1S/C20H16ClN3O3/c21-14-5-4-8-16(11-14)24-20(26)19(25)23-13-18-10-9-17(27-18)12-22-15-6-2-1-3-7-15/h1-12H,13H2,(H,23,25)(H,24,26). The molecule has 0 aliphatic rings. The van der Waals surface area contributed by atoms with Crippen molar-refractivity contribution in [2.45, 2.75) is 6.54 Å². The molecule has 0 bridgehead atoms. The van der Waals surface area contributed by atoms with Gasteiger partial charge in [-0.05, 0) is 42.5 Å². The van der Waals surface area contributed by atoms with Gasteiger partial charge < -0.3 is 15.1 Å². The fourth-order valence-electron chi connectivity index (χ4n) is 2.21. The van der Waals surface area contributed by atoms with Crippen molar-refractivity contribution in [3.05, 3.63) is 83.3 Å². The van der Waals surface area contributed by atoms with Crippen molar-refractivity contribution in [2.75, 3.05) is 5.32 Å². The molecule has 0 saturated carbocycles. The summed E-state index contributed by atoms with van der Waals surface area (Å²) in [6.45, 7) is 0.0843. The van der Waals surface area contributed by atoms with Gasteiger partial charge in [0, 0.05) is 10.7 Å². The van der Waals surface area contributed by atoms with Crippen molar-refractivity contribution in [3.8, 4) is 0 Å². The van der Waals surface area contributed by atoms with Crippen LogP contribution in [-0.4, -0.2) is 18.0 Å². The van der Waals surface area contributed by atoms with E-state index in [0.29, 0.717) is 22.2 Å². The van der Waals surface area contributed by atoms with E-state index in [1.165, 1.54) is 0 Å². The monoisotopic (exact) mass is 381 g/mol. The van der Waals surface area contributed by atoms with Crippen LogP contribution in [0.5, 0.6) is 0 Å². The average Bonchev–Trinajstić information content (AvgIpc) is 3.13. The SMILES string of the molecule is O=C(NCc1ccc(C=Nc2ccccc2)o1)C(=O)Nc1cccc(Cl)c1. The van der Waals surface area contributed by atoms with E-state index in [0.717, 1.165) is 5.69 Å². The summed E-state index contributed by atoms with van der Waals surface area (Å²) >= 11 is 5.84. The Balaban J connectivity index is 1.51. The molecule has 0 aliphatic carbocycles. The molecular weight excluding hydrogens is 366 g/mol. The number of hydrogen-bond acceptors (Lipinski definition) is 4. The Hall–Kier alpha value is -3.38. The summed E-state index contributed by atoms with van der Waals surface area (Å²) in [4.78, 5) is 28.1. The second-order valence-corrected chi connectivity index (χ2v) is 5.98. The number of carbonyl (C=O) groups is 2. The number of nitrogens with one attached hydrogen (secondary N) is 2. The first-order valence-corrected chi connectivity index (χ1v) is 8.50. The van der Waals surface area contributed by atoms with Crippen LogP contribution in [0.1, 0.15) is 11.5 Å². The first kappa shape index (κ1) is 18.4. The Morgan fingerprint density at radius 3 is 2.59 bits per heavy atom. The molecule has 2 N–H and O–H groups in total. The molecule has 3 aromatic rings. The van der Waals surface area contributed by atoms with E-state index in [-0.39, 0.29) is 6.54 Å². The van der Waals surface area contributed by atoms with Crippen molar-refractivity contribution in [3.63, 3.8) is 0 Å². The van der Waals surface area contributed by atoms with Gasteiger partial charge in [0.1, 0.15) is 11.5 Å². The molecule has 1 heterocycles. The Bertz CT molecular complexity index is 967. The van der Waals surface area contributed by atoms with E-state index in [4.69, 9.17) is 16.0 Å². The van der Waals surface area contributed by atoms with E-state index < -0.39 is 11.8 Å². The molecule has 0 atom stereocenters. The van der Waals surface area contributed by atoms with Crippen LogP contribution in [0.15, 0.2) is 76.1 Å². The minimum atomic E-state index is -0.783. The number of nitrogens with zero attached hydrogens (tertiary/aromatic N) is 1. The number of aliphatic imine (C=N–C) groups is 1. The number of benzene rings is 2. The lowest BCUT2D eigenvalue weighted by atomic mass is 10.3. The van der Waals surface area contributed by atoms with Gasteiger partial charge in [-0.1, -0.05) is 35.9 Å². The predicted molar refractivity (Wildman–Crippen MR) is 104 cm³/mol. The molecule has 3 rings (SSSR count). The number of hydrogen-bond donors (Lipinski definition) is 2. The fraction of sp³-hybridized carbons (Fsp3) is 0.0500. The van der Waals surface area contributed by atoms with Gasteiger partial charge in [0.25, 0.3) is 0 Å². The summed E-state index contributed by atoms with van der Waals surface area (Å²) in [7, 11) is 0. The maximum atomic E-state index is 11.9. The first-order chi connectivity index (χ1) is 13.1. The van der Waals surface area contributed by atoms with E-state index >= 15 is 0 Å². The van der Waals surface area contributed by atoms with Gasteiger partial charge >= 0.3 is 11.8 Å². The number of furan rings is 1. The molecule has 2 aromatic carbocycles. The third kappa shape index (κ3) is 5.55. The Morgan fingerprint density at radius 2 is 1.81 bits per heavy atom. The lowest BCUT2D eigenvalue weighted by molar-refractivity contribution is -0.136. The quantitative estimate of drug-likeness (QED) is 0.518. The van der Waals surface area contributed by atoms with Crippen LogP contribution in [0, 0.1) is 0 Å². The highest BCUT2D eigenvalue weighted by Crippen LogP contribution is 2.15. The molecule has 0 spiro atoms. The van der Waals surface area contributed by atoms with Gasteiger partial charge in [-0.2, -0.15) is 0 Å². The molecule has 1 aromatic heterocycles. The molecule has 0 unspecified atom stereocenters. The van der Waals surface area contributed by atoms with E-state index in [1.807, 2.05) is 30.3 Å². The van der Waals surface area contributed by atoms with Gasteiger partial charge in [-0.15, -0.1) is 0 Å². The summed E-state index contributed by atoms with van der Waals surface area (Å²) in [5, 5.41) is 5.44. The Morgan fingerprint density at radius 1 is 1.00 bits per heavy atom. The molecule has 7 heteroatoms. The Kier molecular flexibility index (Phi) is 6.02. The third-order valence-corrected chi connectivity index (χ3v) is 3.73. The second kappa shape index (κ2) is 8.82. The van der Waals surface area contributed by atoms with Gasteiger partial charge in [0.2, 0.25) is 0 Å². The third-order valence-electron chi connectivity index (χ3n) is 3.49. The minimum absolute atomic E-state index is 0.0843. The van der Waals surface area contributed by atoms with E-state index in [1.54, 1.807) is 42.6 Å². The summed E-state index contributed by atoms with van der Waals surface area (Å²) in [6, 6.07) is 19.4. The molecule has 136 valence electrons. The van der Waals surface area contributed by atoms with E-state index in [2.05, 4.69) is 15.6 Å². The van der Waals surface area contributed by atoms with Crippen LogP contribution in [0.3, 0.4) is 0 Å². The summed E-state index contributed by atoms with van der Waals surface area (Å²) in [5.74, 6) is -0.500. The maximum absolute atomic E-state index is 11.9. The van der Waals surface area contributed by atoms with Crippen LogP contribution in [-0.2, 0) is 16.1 Å². The van der Waals surface area contributed by atoms with Gasteiger partial charge in [0.15, 0.2) is 0 Å². The number of rotatable bonds is 5. The highest BCUT2D eigenvalue weighted by atomic mass is 35.5. The van der Waals surface area contributed by atoms with E-state index in [9.17, 15) is 9.59 Å². The highest BCUT2D eigenvalue weighted by Gasteiger charge is 2.14. The zero-order valence-electron chi connectivity index (χ0n) is 14.2. The molecule has 0 fully saturated rings. The first-order valence-electron chi connectivity index (χ1n) is 8.13. The van der Waals surface area contributed by atoms with Gasteiger partial charge in [-0.3, -0.25) is 14.6 Å². The number of amides is 2. The zero-order valence-corrected chi connectivity index (χ0v) is 14.9. The fourth-order valence-corrected chi connectivity index (χ4v) is 2.40. The molecule has 2 amide bonds. The van der Waals surface area contributed by atoms with Gasteiger partial charge in [0.05, 0.1) is 18.4 Å². The lowest BCUT2D eigenvalue weighted by Gasteiger charge is -2.05. The predicted octanol–water partition coefficient (Wildman–Crippen LogP) is 3.94. The van der Waals surface area contributed by atoms with Crippen molar-refractivity contribution >= 4 is 41.0 Å². The van der Waals surface area contributed by atoms with Crippen LogP contribution >= 0.6 is 11.6 Å². The second-order valence-electron chi connectivity index (χ2n) is 5.54. The number of halogens is 1. The molecular formula is C20H16ClN3O3. The van der Waals surface area contributed by atoms with Crippen molar-refractivity contribution in [2.24, 2.45) is 4.99 Å². The average molecular weight is 382 g/mol. The number of anilines is 1. The van der Waals surface area contributed by atoms with Crippen LogP contribution in [0.4, 0.5) is 11.4 Å². The normalized spacial score (nSPS) is 10.7. The van der Waals surface area contributed by atoms with Crippen LogP contribution in [0.2, 0.25) is 5.02 Å². The van der Waals surface area contributed by atoms with Crippen molar-refractivity contribution in [1.82, 2.24) is 5.32 Å². The van der Waals surface area contributed by atoms with Crippen LogP contribution < -0.4 is 10.6 Å². The molecule has 0 saturated heterocycles. The lowest BCUT2D eigenvalue weighted by Crippen LogP contribution is -2.34. The maximum Gasteiger partial charge on any atom is 0.313 e. The molecule has 27 heavy (non-hydrogen) atoms. The van der Waals surface area contributed by atoms with Crippen molar-refractivity contribution in [1.29, 1.82) is 0 Å². The van der Waals surface area contributed by atoms with Crippen molar-refractivity contribution < 1.29 is 14.0 Å². The molecule has 0 aliphatic heterocycles.